The first-order chi connectivity index (χ1) is 8.45. The minimum Gasteiger partial charge on any atom is -0.507 e. The van der Waals surface area contributed by atoms with Crippen LogP contribution in [0, 0.1) is 0 Å². The van der Waals surface area contributed by atoms with Crippen molar-refractivity contribution in [1.29, 1.82) is 0 Å². The van der Waals surface area contributed by atoms with Crippen molar-refractivity contribution in [1.82, 2.24) is 0 Å². The molecule has 0 fully saturated rings. The SMILES string of the molecule is CCc1ccc2c(c1O)C(=O)C(O)(CC)C(O)C2. The summed E-state index contributed by atoms with van der Waals surface area (Å²) in [7, 11) is 0. The Balaban J connectivity index is 2.62. The van der Waals surface area contributed by atoms with Gasteiger partial charge in [-0.3, -0.25) is 4.79 Å². The zero-order chi connectivity index (χ0) is 13.5. The highest BCUT2D eigenvalue weighted by Crippen LogP contribution is 2.37. The summed E-state index contributed by atoms with van der Waals surface area (Å²) in [5.74, 6) is -0.634. The van der Waals surface area contributed by atoms with Gasteiger partial charge < -0.3 is 15.3 Å². The normalized spacial score (nSPS) is 27.1. The lowest BCUT2D eigenvalue weighted by Gasteiger charge is -2.36. The average molecular weight is 250 g/mol. The van der Waals surface area contributed by atoms with Crippen molar-refractivity contribution in [2.75, 3.05) is 0 Å². The van der Waals surface area contributed by atoms with Gasteiger partial charge in [-0.2, -0.15) is 0 Å². The summed E-state index contributed by atoms with van der Waals surface area (Å²) in [5.41, 5.74) is -0.335. The van der Waals surface area contributed by atoms with Crippen LogP contribution in [0.2, 0.25) is 0 Å². The van der Waals surface area contributed by atoms with E-state index in [0.717, 1.165) is 0 Å². The number of hydrogen-bond acceptors (Lipinski definition) is 4. The smallest absolute Gasteiger partial charge is 0.201 e. The van der Waals surface area contributed by atoms with Crippen LogP contribution in [0.5, 0.6) is 5.75 Å². The van der Waals surface area contributed by atoms with E-state index < -0.39 is 17.5 Å². The largest absolute Gasteiger partial charge is 0.507 e. The Morgan fingerprint density at radius 3 is 2.61 bits per heavy atom. The number of aliphatic hydroxyl groups is 2. The number of carbonyl (C=O) groups is 1. The molecule has 0 aliphatic heterocycles. The molecule has 0 saturated carbocycles. The predicted octanol–water partition coefficient (Wildman–Crippen LogP) is 1.20. The molecule has 4 nitrogen and oxygen atoms in total. The molecule has 0 bridgehead atoms. The Bertz CT molecular complexity index is 495. The molecular formula is C14H18O4. The summed E-state index contributed by atoms with van der Waals surface area (Å²) in [6, 6.07) is 3.49. The topological polar surface area (TPSA) is 77.8 Å². The first-order valence-electron chi connectivity index (χ1n) is 6.24. The molecule has 0 saturated heterocycles. The molecule has 2 rings (SSSR count). The molecule has 3 N–H and O–H groups in total. The van der Waals surface area contributed by atoms with Gasteiger partial charge in [0.25, 0.3) is 0 Å². The molecule has 1 aromatic rings. The number of phenols is 1. The molecule has 18 heavy (non-hydrogen) atoms. The molecule has 2 unspecified atom stereocenters. The zero-order valence-electron chi connectivity index (χ0n) is 10.6. The molecular weight excluding hydrogens is 232 g/mol. The number of Topliss-reactive ketones (excluding diaryl/α,β-unsaturated/α-hetero) is 1. The summed E-state index contributed by atoms with van der Waals surface area (Å²) in [4.78, 5) is 12.3. The van der Waals surface area contributed by atoms with Crippen molar-refractivity contribution in [3.8, 4) is 5.75 Å². The summed E-state index contributed by atoms with van der Waals surface area (Å²) >= 11 is 0. The highest BCUT2D eigenvalue weighted by atomic mass is 16.3. The number of hydrogen-bond donors (Lipinski definition) is 3. The van der Waals surface area contributed by atoms with Gasteiger partial charge in [0.1, 0.15) is 5.75 Å². The van der Waals surface area contributed by atoms with Crippen LogP contribution in [0.4, 0.5) is 0 Å². The number of aromatic hydroxyl groups is 1. The van der Waals surface area contributed by atoms with Gasteiger partial charge in [-0.05, 0) is 24.0 Å². The Kier molecular flexibility index (Phi) is 3.17. The standard InChI is InChI=1S/C14H18O4/c1-3-8-5-6-9-7-10(15)14(18,4-2)13(17)11(9)12(8)16/h5-6,10,15-16,18H,3-4,7H2,1-2H3. The van der Waals surface area contributed by atoms with E-state index >= 15 is 0 Å². The van der Waals surface area contributed by atoms with Crippen molar-refractivity contribution in [2.45, 2.75) is 44.8 Å². The molecule has 0 spiro atoms. The highest BCUT2D eigenvalue weighted by Gasteiger charge is 2.47. The number of phenolic OH excluding ortho intramolecular Hbond substituents is 1. The van der Waals surface area contributed by atoms with Crippen molar-refractivity contribution in [3.63, 3.8) is 0 Å². The van der Waals surface area contributed by atoms with Crippen LogP contribution in [0.15, 0.2) is 12.1 Å². The number of aryl methyl sites for hydroxylation is 1. The fourth-order valence-electron chi connectivity index (χ4n) is 2.53. The van der Waals surface area contributed by atoms with Crippen molar-refractivity contribution in [3.05, 3.63) is 28.8 Å². The van der Waals surface area contributed by atoms with E-state index in [1.807, 2.05) is 6.92 Å². The van der Waals surface area contributed by atoms with E-state index in [0.29, 0.717) is 17.5 Å². The summed E-state index contributed by atoms with van der Waals surface area (Å²) in [6.45, 7) is 3.53. The van der Waals surface area contributed by atoms with E-state index in [9.17, 15) is 20.1 Å². The van der Waals surface area contributed by atoms with Gasteiger partial charge in [0, 0.05) is 6.42 Å². The second-order valence-electron chi connectivity index (χ2n) is 4.79. The molecule has 1 aliphatic rings. The van der Waals surface area contributed by atoms with Gasteiger partial charge in [-0.1, -0.05) is 26.0 Å². The summed E-state index contributed by atoms with van der Waals surface area (Å²) < 4.78 is 0. The number of ketones is 1. The summed E-state index contributed by atoms with van der Waals surface area (Å²) in [5, 5.41) is 30.3. The number of rotatable bonds is 2. The molecule has 0 aromatic heterocycles. The molecule has 2 atom stereocenters. The second kappa shape index (κ2) is 4.37. The maximum absolute atomic E-state index is 12.3. The zero-order valence-corrected chi connectivity index (χ0v) is 10.6. The number of aliphatic hydroxyl groups excluding tert-OH is 1. The summed E-state index contributed by atoms with van der Waals surface area (Å²) in [6.07, 6.45) is -0.195. The number of fused-ring (bicyclic) bond motifs is 1. The highest BCUT2D eigenvalue weighted by molar-refractivity contribution is 6.07. The predicted molar refractivity (Wildman–Crippen MR) is 66.8 cm³/mol. The number of benzene rings is 1. The quantitative estimate of drug-likeness (QED) is 0.737. The second-order valence-corrected chi connectivity index (χ2v) is 4.79. The Hall–Kier alpha value is -1.39. The maximum atomic E-state index is 12.3. The van der Waals surface area contributed by atoms with Crippen molar-refractivity contribution >= 4 is 5.78 Å². The Morgan fingerprint density at radius 2 is 2.06 bits per heavy atom. The van der Waals surface area contributed by atoms with E-state index in [1.54, 1.807) is 19.1 Å². The molecule has 1 aromatic carbocycles. The van der Waals surface area contributed by atoms with Crippen molar-refractivity contribution in [2.24, 2.45) is 0 Å². The van der Waals surface area contributed by atoms with Gasteiger partial charge >= 0.3 is 0 Å². The van der Waals surface area contributed by atoms with Crippen LogP contribution in [0.1, 0.15) is 41.8 Å². The Morgan fingerprint density at radius 1 is 1.39 bits per heavy atom. The minimum atomic E-state index is -1.78. The van der Waals surface area contributed by atoms with E-state index in [-0.39, 0.29) is 24.2 Å². The number of carbonyl (C=O) groups excluding carboxylic acids is 1. The molecule has 1 aliphatic carbocycles. The molecule has 0 amide bonds. The van der Waals surface area contributed by atoms with Gasteiger partial charge in [0.15, 0.2) is 5.60 Å². The lowest BCUT2D eigenvalue weighted by molar-refractivity contribution is -0.0561. The third kappa shape index (κ3) is 1.64. The third-order valence-electron chi connectivity index (χ3n) is 3.85. The van der Waals surface area contributed by atoms with Gasteiger partial charge in [-0.15, -0.1) is 0 Å². The van der Waals surface area contributed by atoms with Crippen LogP contribution in [-0.4, -0.2) is 32.8 Å². The first kappa shape index (κ1) is 13.1. The average Bonchev–Trinajstić information content (AvgIpc) is 2.36. The van der Waals surface area contributed by atoms with Gasteiger partial charge in [0.05, 0.1) is 11.7 Å². The van der Waals surface area contributed by atoms with Crippen LogP contribution in [-0.2, 0) is 12.8 Å². The third-order valence-corrected chi connectivity index (χ3v) is 3.85. The molecule has 4 heteroatoms. The molecule has 98 valence electrons. The lowest BCUT2D eigenvalue weighted by atomic mass is 9.75. The van der Waals surface area contributed by atoms with Crippen LogP contribution >= 0.6 is 0 Å². The van der Waals surface area contributed by atoms with E-state index in [2.05, 4.69) is 0 Å². The Labute approximate surface area is 106 Å². The fourth-order valence-corrected chi connectivity index (χ4v) is 2.53. The van der Waals surface area contributed by atoms with Gasteiger partial charge in [-0.25, -0.2) is 0 Å². The first-order valence-corrected chi connectivity index (χ1v) is 6.24. The van der Waals surface area contributed by atoms with E-state index in [1.165, 1.54) is 0 Å². The lowest BCUT2D eigenvalue weighted by Crippen LogP contribution is -2.53. The van der Waals surface area contributed by atoms with Crippen LogP contribution in [0.3, 0.4) is 0 Å². The fraction of sp³-hybridized carbons (Fsp3) is 0.500. The maximum Gasteiger partial charge on any atom is 0.201 e. The van der Waals surface area contributed by atoms with Gasteiger partial charge in [0.2, 0.25) is 5.78 Å². The van der Waals surface area contributed by atoms with E-state index in [4.69, 9.17) is 0 Å². The van der Waals surface area contributed by atoms with Crippen LogP contribution in [0.25, 0.3) is 0 Å². The van der Waals surface area contributed by atoms with Crippen molar-refractivity contribution < 1.29 is 20.1 Å². The monoisotopic (exact) mass is 250 g/mol. The van der Waals surface area contributed by atoms with Crippen LogP contribution < -0.4 is 0 Å². The molecule has 0 heterocycles. The minimum absolute atomic E-state index is 0.0567. The molecule has 0 radical (unpaired) electrons.